The zero-order valence-electron chi connectivity index (χ0n) is 13.5. The smallest absolute Gasteiger partial charge is 0.223 e. The van der Waals surface area contributed by atoms with E-state index in [0.717, 1.165) is 37.3 Å². The second-order valence-electron chi connectivity index (χ2n) is 5.76. The average Bonchev–Trinajstić information content (AvgIpc) is 2.86. The molecule has 1 aliphatic heterocycles. The number of piperidine rings is 1. The maximum atomic E-state index is 13.7. The fourth-order valence-electron chi connectivity index (χ4n) is 2.98. The first-order valence-electron chi connectivity index (χ1n) is 7.75. The van der Waals surface area contributed by atoms with Gasteiger partial charge in [-0.2, -0.15) is 0 Å². The van der Waals surface area contributed by atoms with E-state index < -0.39 is 0 Å². The van der Waals surface area contributed by atoms with Crippen LogP contribution in [0.25, 0.3) is 11.0 Å². The lowest BCUT2D eigenvalue weighted by Crippen LogP contribution is -2.38. The molecule has 0 unspecified atom stereocenters. The van der Waals surface area contributed by atoms with Crippen molar-refractivity contribution < 1.29 is 9.18 Å². The lowest BCUT2D eigenvalue weighted by atomic mass is 9.97. The Bertz CT molecular complexity index is 686. The molecule has 24 heavy (non-hydrogen) atoms. The number of carbonyl (C=O) groups is 1. The molecule has 2 aromatic rings. The predicted molar refractivity (Wildman–Crippen MR) is 97.5 cm³/mol. The third-order valence-corrected chi connectivity index (χ3v) is 4.31. The SMILES string of the molecule is Cl.Cl.Cn1c(CCNC(=O)C2CCNCC2)nc2c(F)cccc21. The van der Waals surface area contributed by atoms with Crippen molar-refractivity contribution in [2.45, 2.75) is 19.3 Å². The summed E-state index contributed by atoms with van der Waals surface area (Å²) in [4.78, 5) is 16.4. The van der Waals surface area contributed by atoms with Gasteiger partial charge in [-0.3, -0.25) is 4.79 Å². The van der Waals surface area contributed by atoms with Crippen LogP contribution in [0.3, 0.4) is 0 Å². The average molecular weight is 377 g/mol. The number of hydrogen-bond acceptors (Lipinski definition) is 3. The van der Waals surface area contributed by atoms with Crippen molar-refractivity contribution in [3.63, 3.8) is 0 Å². The number of para-hydroxylation sites is 1. The van der Waals surface area contributed by atoms with Gasteiger partial charge in [0.2, 0.25) is 5.91 Å². The van der Waals surface area contributed by atoms with E-state index in [1.807, 2.05) is 17.7 Å². The summed E-state index contributed by atoms with van der Waals surface area (Å²) in [5.41, 5.74) is 1.17. The van der Waals surface area contributed by atoms with Gasteiger partial charge < -0.3 is 15.2 Å². The number of halogens is 3. The number of rotatable bonds is 4. The van der Waals surface area contributed by atoms with Crippen LogP contribution < -0.4 is 10.6 Å². The summed E-state index contributed by atoms with van der Waals surface area (Å²) >= 11 is 0. The molecule has 5 nitrogen and oxygen atoms in total. The molecule has 2 N–H and O–H groups in total. The third-order valence-electron chi connectivity index (χ3n) is 4.31. The summed E-state index contributed by atoms with van der Waals surface area (Å²) in [6.45, 7) is 2.34. The van der Waals surface area contributed by atoms with E-state index >= 15 is 0 Å². The number of amides is 1. The molecule has 0 saturated carbocycles. The zero-order valence-corrected chi connectivity index (χ0v) is 15.2. The van der Waals surface area contributed by atoms with Gasteiger partial charge >= 0.3 is 0 Å². The van der Waals surface area contributed by atoms with Crippen molar-refractivity contribution in [1.29, 1.82) is 0 Å². The molecule has 1 aliphatic rings. The highest BCUT2D eigenvalue weighted by molar-refractivity contribution is 5.85. The number of aromatic nitrogens is 2. The molecule has 1 aromatic carbocycles. The lowest BCUT2D eigenvalue weighted by Gasteiger charge is -2.21. The number of nitrogens with one attached hydrogen (secondary N) is 2. The Morgan fingerprint density at radius 3 is 2.75 bits per heavy atom. The van der Waals surface area contributed by atoms with E-state index in [4.69, 9.17) is 0 Å². The molecule has 0 aliphatic carbocycles. The Kier molecular flexibility index (Phi) is 7.93. The van der Waals surface area contributed by atoms with Crippen molar-refractivity contribution in [2.75, 3.05) is 19.6 Å². The fourth-order valence-corrected chi connectivity index (χ4v) is 2.98. The molecular formula is C16H23Cl2FN4O. The number of fused-ring (bicyclic) bond motifs is 1. The molecule has 2 heterocycles. The standard InChI is InChI=1S/C16H21FN4O.2ClH/c1-21-13-4-2-3-12(17)15(13)20-14(21)7-10-19-16(22)11-5-8-18-9-6-11;;/h2-4,11,18H,5-10H2,1H3,(H,19,22);2*1H. The summed E-state index contributed by atoms with van der Waals surface area (Å²) in [6.07, 6.45) is 2.38. The van der Waals surface area contributed by atoms with Gasteiger partial charge in [0.05, 0.1) is 5.52 Å². The van der Waals surface area contributed by atoms with Crippen LogP contribution in [0.5, 0.6) is 0 Å². The van der Waals surface area contributed by atoms with Gasteiger partial charge in [0, 0.05) is 25.9 Å². The molecule has 0 radical (unpaired) electrons. The number of nitrogens with zero attached hydrogens (tertiary/aromatic N) is 2. The number of hydrogen-bond donors (Lipinski definition) is 2. The first-order valence-corrected chi connectivity index (χ1v) is 7.75. The number of benzene rings is 1. The van der Waals surface area contributed by atoms with Gasteiger partial charge in [0.15, 0.2) is 5.82 Å². The normalized spacial score (nSPS) is 14.8. The molecule has 3 rings (SSSR count). The van der Waals surface area contributed by atoms with Crippen LogP contribution in [0.4, 0.5) is 4.39 Å². The summed E-state index contributed by atoms with van der Waals surface area (Å²) in [5.74, 6) is 0.703. The molecular weight excluding hydrogens is 354 g/mol. The summed E-state index contributed by atoms with van der Waals surface area (Å²) in [5, 5.41) is 6.22. The minimum atomic E-state index is -0.307. The van der Waals surface area contributed by atoms with E-state index in [1.165, 1.54) is 6.07 Å². The monoisotopic (exact) mass is 376 g/mol. The summed E-state index contributed by atoms with van der Waals surface area (Å²) < 4.78 is 15.6. The van der Waals surface area contributed by atoms with Gasteiger partial charge in [-0.1, -0.05) is 6.07 Å². The van der Waals surface area contributed by atoms with Gasteiger partial charge in [0.1, 0.15) is 11.3 Å². The summed E-state index contributed by atoms with van der Waals surface area (Å²) in [6, 6.07) is 4.95. The summed E-state index contributed by atoms with van der Waals surface area (Å²) in [7, 11) is 1.87. The lowest BCUT2D eigenvalue weighted by molar-refractivity contribution is -0.125. The molecule has 0 atom stereocenters. The Balaban J connectivity index is 0.00000144. The largest absolute Gasteiger partial charge is 0.355 e. The molecule has 0 spiro atoms. The Hall–Kier alpha value is -1.37. The van der Waals surface area contributed by atoms with E-state index in [-0.39, 0.29) is 42.5 Å². The first-order chi connectivity index (χ1) is 10.7. The quantitative estimate of drug-likeness (QED) is 0.859. The zero-order chi connectivity index (χ0) is 15.5. The van der Waals surface area contributed by atoms with Crippen LogP contribution in [-0.4, -0.2) is 35.1 Å². The van der Waals surface area contributed by atoms with E-state index in [0.29, 0.717) is 18.5 Å². The van der Waals surface area contributed by atoms with Crippen molar-refractivity contribution in [2.24, 2.45) is 13.0 Å². The predicted octanol–water partition coefficient (Wildman–Crippen LogP) is 2.21. The highest BCUT2D eigenvalue weighted by Gasteiger charge is 2.20. The van der Waals surface area contributed by atoms with E-state index in [1.54, 1.807) is 6.07 Å². The minimum absolute atomic E-state index is 0. The van der Waals surface area contributed by atoms with Crippen molar-refractivity contribution in [3.8, 4) is 0 Å². The van der Waals surface area contributed by atoms with Crippen LogP contribution in [0.2, 0.25) is 0 Å². The van der Waals surface area contributed by atoms with Crippen LogP contribution in [0.1, 0.15) is 18.7 Å². The first kappa shape index (κ1) is 20.7. The second kappa shape index (κ2) is 9.20. The second-order valence-corrected chi connectivity index (χ2v) is 5.76. The van der Waals surface area contributed by atoms with Crippen LogP contribution in [0, 0.1) is 11.7 Å². The third kappa shape index (κ3) is 4.37. The van der Waals surface area contributed by atoms with Crippen LogP contribution >= 0.6 is 24.8 Å². The van der Waals surface area contributed by atoms with Crippen LogP contribution in [-0.2, 0) is 18.3 Å². The van der Waals surface area contributed by atoms with E-state index in [2.05, 4.69) is 15.6 Å². The molecule has 0 bridgehead atoms. The topological polar surface area (TPSA) is 59.0 Å². The molecule has 1 aromatic heterocycles. The number of imidazole rings is 1. The van der Waals surface area contributed by atoms with Crippen LogP contribution in [0.15, 0.2) is 18.2 Å². The fraction of sp³-hybridized carbons (Fsp3) is 0.500. The highest BCUT2D eigenvalue weighted by atomic mass is 35.5. The Morgan fingerprint density at radius 1 is 1.38 bits per heavy atom. The maximum Gasteiger partial charge on any atom is 0.223 e. The highest BCUT2D eigenvalue weighted by Crippen LogP contribution is 2.18. The van der Waals surface area contributed by atoms with Gasteiger partial charge in [-0.05, 0) is 38.1 Å². The maximum absolute atomic E-state index is 13.7. The Morgan fingerprint density at radius 2 is 2.08 bits per heavy atom. The van der Waals surface area contributed by atoms with Crippen molar-refractivity contribution in [1.82, 2.24) is 20.2 Å². The van der Waals surface area contributed by atoms with Gasteiger partial charge in [-0.25, -0.2) is 9.37 Å². The minimum Gasteiger partial charge on any atom is -0.355 e. The van der Waals surface area contributed by atoms with Crippen molar-refractivity contribution >= 4 is 41.8 Å². The van der Waals surface area contributed by atoms with Gasteiger partial charge in [-0.15, -0.1) is 24.8 Å². The van der Waals surface area contributed by atoms with E-state index in [9.17, 15) is 9.18 Å². The van der Waals surface area contributed by atoms with Crippen molar-refractivity contribution in [3.05, 3.63) is 29.8 Å². The Labute approximate surface area is 153 Å². The molecule has 1 amide bonds. The molecule has 1 fully saturated rings. The molecule has 8 heteroatoms. The van der Waals surface area contributed by atoms with Gasteiger partial charge in [0.25, 0.3) is 0 Å². The number of aryl methyl sites for hydroxylation is 1. The molecule has 134 valence electrons. The number of carbonyl (C=O) groups excluding carboxylic acids is 1. The molecule has 1 saturated heterocycles.